The van der Waals surface area contributed by atoms with Crippen LogP contribution >= 0.6 is 0 Å². The molecule has 1 aliphatic heterocycles. The molecule has 2 rings (SSSR count). The third-order valence-electron chi connectivity index (χ3n) is 3.20. The molecule has 1 fully saturated rings. The fourth-order valence-corrected chi connectivity index (χ4v) is 3.92. The fourth-order valence-electron chi connectivity index (χ4n) is 2.30. The third kappa shape index (κ3) is 2.13. The number of carbonyl (C=O) groups is 1. The lowest BCUT2D eigenvalue weighted by Crippen LogP contribution is -2.51. The van der Waals surface area contributed by atoms with Gasteiger partial charge in [-0.2, -0.15) is 9.40 Å². The van der Waals surface area contributed by atoms with Gasteiger partial charge in [0.2, 0.25) is 0 Å². The van der Waals surface area contributed by atoms with Crippen LogP contribution in [0, 0.1) is 5.92 Å². The Morgan fingerprint density at radius 1 is 1.61 bits per heavy atom. The van der Waals surface area contributed by atoms with E-state index in [-0.39, 0.29) is 17.5 Å². The Kier molecular flexibility index (Phi) is 3.40. The molecule has 0 spiro atoms. The summed E-state index contributed by atoms with van der Waals surface area (Å²) in [7, 11) is -3.81. The van der Waals surface area contributed by atoms with E-state index in [0.29, 0.717) is 12.8 Å². The molecule has 100 valence electrons. The molecular weight excluding hydrogens is 258 g/mol. The van der Waals surface area contributed by atoms with E-state index in [0.717, 1.165) is 4.31 Å². The predicted octanol–water partition coefficient (Wildman–Crippen LogP) is 0.283. The van der Waals surface area contributed by atoms with E-state index in [4.69, 9.17) is 0 Å². The molecule has 1 aromatic rings. The van der Waals surface area contributed by atoms with Crippen LogP contribution in [0.4, 0.5) is 0 Å². The zero-order valence-corrected chi connectivity index (χ0v) is 10.7. The lowest BCUT2D eigenvalue weighted by Gasteiger charge is -2.35. The Balaban J connectivity index is 2.39. The van der Waals surface area contributed by atoms with Gasteiger partial charge in [0, 0.05) is 6.54 Å². The molecule has 0 amide bonds. The Labute approximate surface area is 105 Å². The zero-order chi connectivity index (χ0) is 13.3. The quantitative estimate of drug-likeness (QED) is 0.823. The molecule has 0 radical (unpaired) electrons. The highest BCUT2D eigenvalue weighted by Crippen LogP contribution is 2.28. The van der Waals surface area contributed by atoms with Crippen LogP contribution in [0.15, 0.2) is 17.3 Å². The number of hydrogen-bond donors (Lipinski definition) is 2. The first kappa shape index (κ1) is 13.0. The third-order valence-corrected chi connectivity index (χ3v) is 5.01. The van der Waals surface area contributed by atoms with Gasteiger partial charge in [-0.3, -0.25) is 9.89 Å². The summed E-state index contributed by atoms with van der Waals surface area (Å²) in [4.78, 5) is 11.3. The normalized spacial score (nSPS) is 26.1. The van der Waals surface area contributed by atoms with Crippen LogP contribution in [0.3, 0.4) is 0 Å². The van der Waals surface area contributed by atoms with Gasteiger partial charge in [-0.05, 0) is 24.8 Å². The maximum atomic E-state index is 12.3. The average molecular weight is 273 g/mol. The van der Waals surface area contributed by atoms with Gasteiger partial charge in [0.05, 0.1) is 6.20 Å². The maximum absolute atomic E-state index is 12.3. The number of carboxylic acid groups (broad SMARTS) is 1. The van der Waals surface area contributed by atoms with Crippen molar-refractivity contribution in [3.05, 3.63) is 12.3 Å². The van der Waals surface area contributed by atoms with Crippen LogP contribution in [0.2, 0.25) is 0 Å². The molecule has 18 heavy (non-hydrogen) atoms. The molecule has 0 saturated carbocycles. The monoisotopic (exact) mass is 273 g/mol. The van der Waals surface area contributed by atoms with E-state index in [2.05, 4.69) is 10.2 Å². The highest BCUT2D eigenvalue weighted by atomic mass is 32.2. The predicted molar refractivity (Wildman–Crippen MR) is 62.3 cm³/mol. The van der Waals surface area contributed by atoms with E-state index in [1.165, 1.54) is 12.3 Å². The van der Waals surface area contributed by atoms with Crippen molar-refractivity contribution in [3.8, 4) is 0 Å². The number of piperidine rings is 1. The lowest BCUT2D eigenvalue weighted by molar-refractivity contribution is -0.144. The number of aliphatic carboxylic acids is 1. The van der Waals surface area contributed by atoms with Crippen molar-refractivity contribution >= 4 is 16.0 Å². The Bertz CT molecular complexity index is 525. The number of nitrogens with zero attached hydrogens (tertiary/aromatic N) is 2. The van der Waals surface area contributed by atoms with Crippen LogP contribution < -0.4 is 0 Å². The Morgan fingerprint density at radius 3 is 2.89 bits per heavy atom. The van der Waals surface area contributed by atoms with Crippen LogP contribution in [0.25, 0.3) is 0 Å². The fraction of sp³-hybridized carbons (Fsp3) is 0.600. The highest BCUT2D eigenvalue weighted by molar-refractivity contribution is 7.89. The van der Waals surface area contributed by atoms with Crippen molar-refractivity contribution in [3.63, 3.8) is 0 Å². The summed E-state index contributed by atoms with van der Waals surface area (Å²) >= 11 is 0. The molecule has 0 aromatic carbocycles. The first-order valence-electron chi connectivity index (χ1n) is 5.68. The van der Waals surface area contributed by atoms with Crippen molar-refractivity contribution in [2.45, 2.75) is 30.8 Å². The summed E-state index contributed by atoms with van der Waals surface area (Å²) in [6.07, 6.45) is 2.71. The van der Waals surface area contributed by atoms with Crippen LogP contribution in [-0.4, -0.2) is 46.6 Å². The van der Waals surface area contributed by atoms with Gasteiger partial charge in [0.1, 0.15) is 6.04 Å². The minimum atomic E-state index is -3.81. The van der Waals surface area contributed by atoms with Crippen molar-refractivity contribution in [2.75, 3.05) is 6.54 Å². The lowest BCUT2D eigenvalue weighted by atomic mass is 9.93. The van der Waals surface area contributed by atoms with Gasteiger partial charge in [0.15, 0.2) is 5.03 Å². The first-order valence-corrected chi connectivity index (χ1v) is 7.12. The van der Waals surface area contributed by atoms with Crippen LogP contribution in [-0.2, 0) is 14.8 Å². The molecule has 7 nitrogen and oxygen atoms in total. The number of rotatable bonds is 3. The Hall–Kier alpha value is -1.41. The summed E-state index contributed by atoms with van der Waals surface area (Å²) < 4.78 is 25.7. The van der Waals surface area contributed by atoms with E-state index in [9.17, 15) is 18.3 Å². The number of nitrogens with one attached hydrogen (secondary N) is 1. The van der Waals surface area contributed by atoms with E-state index >= 15 is 0 Å². The summed E-state index contributed by atoms with van der Waals surface area (Å²) in [5.74, 6) is -1.31. The molecule has 8 heteroatoms. The SMILES string of the molecule is CC1CCCN(S(=O)(=O)c2ccn[nH]2)C1C(=O)O. The molecule has 1 aliphatic rings. The molecular formula is C10H15N3O4S. The second-order valence-electron chi connectivity index (χ2n) is 4.44. The number of aromatic nitrogens is 2. The van der Waals surface area contributed by atoms with E-state index in [1.807, 2.05) is 0 Å². The molecule has 0 bridgehead atoms. The maximum Gasteiger partial charge on any atom is 0.322 e. The number of carboxylic acids is 1. The minimum Gasteiger partial charge on any atom is -0.480 e. The number of hydrogen-bond acceptors (Lipinski definition) is 4. The van der Waals surface area contributed by atoms with E-state index < -0.39 is 22.0 Å². The van der Waals surface area contributed by atoms with Gasteiger partial charge >= 0.3 is 5.97 Å². The van der Waals surface area contributed by atoms with Crippen LogP contribution in [0.1, 0.15) is 19.8 Å². The second-order valence-corrected chi connectivity index (χ2v) is 6.30. The molecule has 2 N–H and O–H groups in total. The standard InChI is InChI=1S/C10H15N3O4S/c1-7-3-2-6-13(9(7)10(14)15)18(16,17)8-4-5-11-12-8/h4-5,7,9H,2-3,6H2,1H3,(H,11,12)(H,14,15). The zero-order valence-electron chi connectivity index (χ0n) is 9.91. The summed E-state index contributed by atoms with van der Waals surface area (Å²) in [5.41, 5.74) is 0. The van der Waals surface area contributed by atoms with Gasteiger partial charge in [0.25, 0.3) is 10.0 Å². The van der Waals surface area contributed by atoms with Gasteiger partial charge in [-0.15, -0.1) is 0 Å². The molecule has 2 atom stereocenters. The van der Waals surface area contributed by atoms with Crippen LogP contribution in [0.5, 0.6) is 0 Å². The summed E-state index contributed by atoms with van der Waals surface area (Å²) in [6.45, 7) is 1.98. The van der Waals surface area contributed by atoms with Gasteiger partial charge in [-0.25, -0.2) is 8.42 Å². The van der Waals surface area contributed by atoms with Crippen molar-refractivity contribution in [2.24, 2.45) is 5.92 Å². The minimum absolute atomic E-state index is 0.0668. The van der Waals surface area contributed by atoms with Gasteiger partial charge in [-0.1, -0.05) is 6.92 Å². The van der Waals surface area contributed by atoms with Crippen molar-refractivity contribution < 1.29 is 18.3 Å². The van der Waals surface area contributed by atoms with Crippen molar-refractivity contribution in [1.82, 2.24) is 14.5 Å². The van der Waals surface area contributed by atoms with E-state index in [1.54, 1.807) is 6.92 Å². The molecule has 2 unspecified atom stereocenters. The van der Waals surface area contributed by atoms with Gasteiger partial charge < -0.3 is 5.11 Å². The average Bonchev–Trinajstić information content (AvgIpc) is 2.82. The number of sulfonamides is 1. The highest BCUT2D eigenvalue weighted by Gasteiger charge is 2.41. The first-order chi connectivity index (χ1) is 8.44. The topological polar surface area (TPSA) is 103 Å². The van der Waals surface area contributed by atoms with Crippen molar-refractivity contribution in [1.29, 1.82) is 0 Å². The summed E-state index contributed by atoms with van der Waals surface area (Å²) in [6, 6.07) is 0.320. The molecule has 2 heterocycles. The summed E-state index contributed by atoms with van der Waals surface area (Å²) in [5, 5.41) is 15.1. The molecule has 0 aliphatic carbocycles. The molecule has 1 saturated heterocycles. The number of aromatic amines is 1. The smallest absolute Gasteiger partial charge is 0.322 e. The Morgan fingerprint density at radius 2 is 2.33 bits per heavy atom. The number of H-pyrrole nitrogens is 1. The molecule has 1 aromatic heterocycles. The largest absolute Gasteiger partial charge is 0.480 e. The second kappa shape index (κ2) is 4.69.